The van der Waals surface area contributed by atoms with Gasteiger partial charge in [0.25, 0.3) is 5.91 Å². The predicted molar refractivity (Wildman–Crippen MR) is 320 cm³/mol. The van der Waals surface area contributed by atoms with Gasteiger partial charge in [-0.25, -0.2) is 31.4 Å². The third-order valence-corrected chi connectivity index (χ3v) is 18.3. The SMILES string of the molecule is COC(=O)/C(=N/O[C@@H]1CCOC1)c1ccc(N)cc1.COCCN(C)S(=O)(=O)c1ccc(/C(=N\O[C@@H]2CCOC2)C(=O)Nc2ncc(CN3CCN(C(C)=O)[C@@H](C)C3)s2)cc1.COCCN(C)S(=O)(=O)c1ccc(/C(=N\O[C@@H]2CCOC2)C(=O)O)cc1. The number of benzene rings is 3. The van der Waals surface area contributed by atoms with Crippen LogP contribution in [0.15, 0.2) is 104 Å². The molecule has 0 radical (unpaired) electrons. The second-order valence-corrected chi connectivity index (χ2v) is 25.3. The molecule has 0 bridgehead atoms. The number of nitrogen functional groups attached to an aromatic ring is 1. The molecular formula is C56H76N10O18S3. The lowest BCUT2D eigenvalue weighted by Gasteiger charge is -2.39. The first-order valence-electron chi connectivity index (χ1n) is 27.6. The molecule has 476 valence electrons. The molecule has 0 saturated carbocycles. The van der Waals surface area contributed by atoms with Gasteiger partial charge >= 0.3 is 11.9 Å². The first-order valence-corrected chi connectivity index (χ1v) is 31.3. The molecule has 0 spiro atoms. The molecule has 4 saturated heterocycles. The zero-order chi connectivity index (χ0) is 63.1. The Bertz CT molecular complexity index is 3210. The lowest BCUT2D eigenvalue weighted by atomic mass is 10.1. The fourth-order valence-electron chi connectivity index (χ4n) is 8.62. The van der Waals surface area contributed by atoms with Gasteiger partial charge in [-0.05, 0) is 43.3 Å². The van der Waals surface area contributed by atoms with Crippen LogP contribution >= 0.6 is 11.3 Å². The van der Waals surface area contributed by atoms with Gasteiger partial charge in [0.15, 0.2) is 40.6 Å². The van der Waals surface area contributed by atoms with Crippen molar-refractivity contribution in [2.45, 2.75) is 73.8 Å². The van der Waals surface area contributed by atoms with Crippen LogP contribution < -0.4 is 11.1 Å². The van der Waals surface area contributed by atoms with E-state index in [0.717, 1.165) is 24.4 Å². The maximum atomic E-state index is 13.4. The van der Waals surface area contributed by atoms with Gasteiger partial charge < -0.3 is 58.7 Å². The Hall–Kier alpha value is -7.04. The Morgan fingerprint density at radius 3 is 1.57 bits per heavy atom. The summed E-state index contributed by atoms with van der Waals surface area (Å²) in [7, 11) is -0.192. The van der Waals surface area contributed by atoms with Crippen LogP contribution in [0.1, 0.15) is 54.7 Å². The van der Waals surface area contributed by atoms with E-state index in [0.29, 0.717) is 87.5 Å². The van der Waals surface area contributed by atoms with Crippen molar-refractivity contribution in [1.82, 2.24) is 23.4 Å². The number of oxime groups is 3. The number of esters is 1. The molecule has 3 aromatic carbocycles. The predicted octanol–water partition coefficient (Wildman–Crippen LogP) is 3.11. The van der Waals surface area contributed by atoms with E-state index in [1.54, 1.807) is 37.4 Å². The smallest absolute Gasteiger partial charge is 0.360 e. The molecule has 8 rings (SSSR count). The van der Waals surface area contributed by atoms with Crippen molar-refractivity contribution in [3.8, 4) is 0 Å². The van der Waals surface area contributed by atoms with Crippen LogP contribution in [0.5, 0.6) is 0 Å². The molecule has 4 aliphatic rings. The fourth-order valence-corrected chi connectivity index (χ4v) is 11.8. The molecule has 28 nitrogen and oxygen atoms in total. The summed E-state index contributed by atoms with van der Waals surface area (Å²) in [5.41, 5.74) is 7.26. The number of carboxylic acids is 1. The van der Waals surface area contributed by atoms with Gasteiger partial charge in [0.05, 0.1) is 69.8 Å². The molecule has 87 heavy (non-hydrogen) atoms. The third kappa shape index (κ3) is 20.5. The van der Waals surface area contributed by atoms with E-state index in [2.05, 4.69) is 30.7 Å². The van der Waals surface area contributed by atoms with Crippen LogP contribution in [0.25, 0.3) is 0 Å². The summed E-state index contributed by atoms with van der Waals surface area (Å²) in [6, 6.07) is 18.3. The number of nitrogens with one attached hydrogen (secondary N) is 1. The van der Waals surface area contributed by atoms with Gasteiger partial charge in [0.2, 0.25) is 26.0 Å². The average molecular weight is 1270 g/mol. The summed E-state index contributed by atoms with van der Waals surface area (Å²) in [5.74, 6) is -2.27. The Morgan fingerprint density at radius 1 is 0.701 bits per heavy atom. The number of nitrogens with two attached hydrogens (primary N) is 1. The van der Waals surface area contributed by atoms with Crippen LogP contribution in [-0.2, 0) is 88.7 Å². The number of thiazole rings is 1. The zero-order valence-corrected chi connectivity index (χ0v) is 52.1. The number of anilines is 2. The lowest BCUT2D eigenvalue weighted by molar-refractivity contribution is -0.134. The topological polar surface area (TPSA) is 341 Å². The number of piperazine rings is 1. The average Bonchev–Trinajstić information content (AvgIpc) is 3.33. The van der Waals surface area contributed by atoms with Crippen molar-refractivity contribution < 1.29 is 84.1 Å². The molecule has 4 fully saturated rings. The lowest BCUT2D eigenvalue weighted by Crippen LogP contribution is -2.52. The van der Waals surface area contributed by atoms with Gasteiger partial charge in [0.1, 0.15) is 0 Å². The van der Waals surface area contributed by atoms with Crippen molar-refractivity contribution in [2.75, 3.05) is 132 Å². The highest BCUT2D eigenvalue weighted by Crippen LogP contribution is 2.24. The number of carbonyl (C=O) groups excluding carboxylic acids is 3. The molecule has 4 aromatic rings. The summed E-state index contributed by atoms with van der Waals surface area (Å²) < 4.78 is 83.3. The number of carboxylic acid groups (broad SMARTS) is 1. The number of amides is 2. The number of aliphatic carboxylic acids is 1. The highest BCUT2D eigenvalue weighted by atomic mass is 32.2. The van der Waals surface area contributed by atoms with E-state index < -0.39 is 37.9 Å². The van der Waals surface area contributed by atoms with Crippen molar-refractivity contribution in [2.24, 2.45) is 15.5 Å². The summed E-state index contributed by atoms with van der Waals surface area (Å²) >= 11 is 1.36. The molecule has 31 heteroatoms. The molecule has 5 heterocycles. The quantitative estimate of drug-likeness (QED) is 0.0371. The Kier molecular flexibility index (Phi) is 26.9. The molecule has 0 aliphatic carbocycles. The number of likely N-dealkylation sites (N-methyl/N-ethyl adjacent to an activating group) is 2. The van der Waals surface area contributed by atoms with Gasteiger partial charge in [0, 0.05) is 133 Å². The first kappa shape index (κ1) is 69.1. The Balaban J connectivity index is 0.000000228. The molecule has 2 amide bonds. The Labute approximate surface area is 510 Å². The maximum Gasteiger partial charge on any atom is 0.360 e. The summed E-state index contributed by atoms with van der Waals surface area (Å²) in [5, 5.41) is 24.3. The van der Waals surface area contributed by atoms with E-state index in [1.807, 2.05) is 11.8 Å². The number of sulfonamides is 2. The minimum absolute atomic E-state index is 0.00971. The fraction of sp³-hybridized carbons (Fsp3) is 0.500. The second kappa shape index (κ2) is 33.9. The first-order chi connectivity index (χ1) is 41.6. The molecular weight excluding hydrogens is 1200 g/mol. The number of rotatable bonds is 25. The molecule has 4 N–H and O–H groups in total. The molecule has 4 aliphatic heterocycles. The van der Waals surface area contributed by atoms with E-state index in [-0.39, 0.29) is 89.1 Å². The minimum Gasteiger partial charge on any atom is -0.476 e. The number of methoxy groups -OCH3 is 3. The van der Waals surface area contributed by atoms with Gasteiger partial charge in [-0.15, -0.1) is 11.3 Å². The van der Waals surface area contributed by atoms with Crippen LogP contribution in [-0.4, -0.2) is 232 Å². The number of hydrogen-bond acceptors (Lipinski definition) is 24. The number of nitrogens with zero attached hydrogens (tertiary/aromatic N) is 8. The summed E-state index contributed by atoms with van der Waals surface area (Å²) in [6.45, 7) is 10.4. The van der Waals surface area contributed by atoms with Crippen LogP contribution in [0.2, 0.25) is 0 Å². The van der Waals surface area contributed by atoms with Gasteiger partial charge in [-0.1, -0.05) is 51.9 Å². The van der Waals surface area contributed by atoms with E-state index in [4.69, 9.17) is 48.7 Å². The Morgan fingerprint density at radius 2 is 1.15 bits per heavy atom. The van der Waals surface area contributed by atoms with Crippen LogP contribution in [0.4, 0.5) is 10.8 Å². The van der Waals surface area contributed by atoms with E-state index in [1.165, 1.54) is 104 Å². The monoisotopic (exact) mass is 1270 g/mol. The van der Waals surface area contributed by atoms with E-state index in [9.17, 15) is 41.1 Å². The number of aromatic nitrogens is 1. The molecule has 0 unspecified atom stereocenters. The number of carbonyl (C=O) groups is 4. The zero-order valence-electron chi connectivity index (χ0n) is 49.6. The van der Waals surface area contributed by atoms with Crippen molar-refractivity contribution in [3.63, 3.8) is 0 Å². The highest BCUT2D eigenvalue weighted by molar-refractivity contribution is 7.89. The van der Waals surface area contributed by atoms with Gasteiger partial charge in [-0.3, -0.25) is 19.8 Å². The molecule has 1 aromatic heterocycles. The highest BCUT2D eigenvalue weighted by Gasteiger charge is 2.29. The standard InChI is InChI=1S/C27H38N6O7S2.C16H22N2O7S.C13H16N2O4/c1-19-16-32(10-11-33(19)20(2)34)17-23-15-28-27(41-23)29-26(35)25(30-40-22-9-13-39-18-22)21-5-7-24(8-6-21)42(36,37)31(3)12-14-38-4;1-18(8-10-23-2)26(21,22)14-5-3-12(4-6-14)15(16(19)20)17-25-13-7-9-24-11-13;1-17-13(16)12(9-2-4-10(14)5-3-9)15-19-11-6-7-18-8-11/h5-8,15,19,22H,9-14,16-18H2,1-4H3,(H,28,29,35);3-6,13H,7-11H2,1-2H3,(H,19,20);2-5,11H,6-8,14H2,1H3/b30-25+;17-15+;15-12+/t19-,22+;13-;11-/m011/s1. The largest absolute Gasteiger partial charge is 0.476 e. The number of hydrogen-bond donors (Lipinski definition) is 3. The van der Waals surface area contributed by atoms with Gasteiger partial charge in [-0.2, -0.15) is 8.61 Å². The second-order valence-electron chi connectivity index (χ2n) is 20.1. The van der Waals surface area contributed by atoms with Crippen molar-refractivity contribution in [3.05, 3.63) is 101 Å². The summed E-state index contributed by atoms with van der Waals surface area (Å²) in [6.07, 6.45) is 3.11. The van der Waals surface area contributed by atoms with Crippen LogP contribution in [0, 0.1) is 0 Å². The van der Waals surface area contributed by atoms with Crippen LogP contribution in [0.3, 0.4) is 0 Å². The van der Waals surface area contributed by atoms with Crippen molar-refractivity contribution in [1.29, 1.82) is 0 Å². The summed E-state index contributed by atoms with van der Waals surface area (Å²) in [4.78, 5) is 74.0. The molecule has 4 atom stereocenters. The van der Waals surface area contributed by atoms with Crippen molar-refractivity contribution >= 4 is 83.1 Å². The normalized spacial score (nSPS) is 19.4. The third-order valence-electron chi connectivity index (χ3n) is 13.7. The number of ether oxygens (including phenoxy) is 6. The minimum atomic E-state index is -3.73. The van der Waals surface area contributed by atoms with E-state index >= 15 is 0 Å². The maximum absolute atomic E-state index is 13.4.